The van der Waals surface area contributed by atoms with Gasteiger partial charge in [0.2, 0.25) is 0 Å². The molecule has 1 fully saturated rings. The van der Waals surface area contributed by atoms with Crippen LogP contribution in [0.3, 0.4) is 0 Å². The average molecular weight is 611 g/mol. The SMILES string of the molecule is O=C(O)CN1CCOCCN(CC(=O)O)CCN(CC(=O)O)CC1.[Cl-].[Cl-].[Cl-].[Gd]. The summed E-state index contributed by atoms with van der Waals surface area (Å²) in [5.74, 6) is -2.86. The Hall–Kier alpha value is 0.445. The third kappa shape index (κ3) is 18.5. The molecule has 0 aromatic rings. The second kappa shape index (κ2) is 20.7. The molecule has 0 atom stereocenters. The number of carboxylic acid groups (broad SMARTS) is 3. The van der Waals surface area contributed by atoms with Crippen LogP contribution >= 0.6 is 0 Å². The van der Waals surface area contributed by atoms with Crippen molar-refractivity contribution in [3.8, 4) is 0 Å². The van der Waals surface area contributed by atoms with E-state index in [1.807, 2.05) is 0 Å². The molecule has 10 nitrogen and oxygen atoms in total. The van der Waals surface area contributed by atoms with Crippen LogP contribution in [0.1, 0.15) is 0 Å². The molecule has 0 amide bonds. The van der Waals surface area contributed by atoms with Gasteiger partial charge in [-0.1, -0.05) is 0 Å². The molecule has 0 saturated carbocycles. The van der Waals surface area contributed by atoms with E-state index in [9.17, 15) is 14.4 Å². The minimum absolute atomic E-state index is 0. The summed E-state index contributed by atoms with van der Waals surface area (Å²) in [7, 11) is 0. The molecule has 1 heterocycles. The van der Waals surface area contributed by atoms with Crippen molar-refractivity contribution in [2.24, 2.45) is 0 Å². The van der Waals surface area contributed by atoms with E-state index in [2.05, 4.69) is 0 Å². The molecular weight excluding hydrogens is 586 g/mol. The number of halogens is 3. The number of rotatable bonds is 6. The number of hydrogen-bond donors (Lipinski definition) is 3. The maximum atomic E-state index is 11.0. The van der Waals surface area contributed by atoms with Gasteiger partial charge in [0, 0.05) is 79.2 Å². The van der Waals surface area contributed by atoms with Gasteiger partial charge in [0.1, 0.15) is 0 Å². The Labute approximate surface area is 214 Å². The molecule has 0 bridgehead atoms. The van der Waals surface area contributed by atoms with Crippen LogP contribution in [0.2, 0.25) is 0 Å². The molecule has 0 aromatic heterocycles. The number of carboxylic acids is 3. The monoisotopic (exact) mass is 610 g/mol. The van der Waals surface area contributed by atoms with Crippen molar-refractivity contribution in [3.63, 3.8) is 0 Å². The third-order valence-corrected chi connectivity index (χ3v) is 3.65. The van der Waals surface area contributed by atoms with Crippen LogP contribution in [0.25, 0.3) is 0 Å². The molecule has 0 unspecified atom stereocenters. The number of nitrogens with zero attached hydrogens (tertiary/aromatic N) is 3. The maximum absolute atomic E-state index is 11.0. The molecular formula is C14H25Cl3GdN3O7-3. The molecule has 1 aliphatic rings. The van der Waals surface area contributed by atoms with E-state index in [1.54, 1.807) is 14.7 Å². The second-order valence-corrected chi connectivity index (χ2v) is 5.62. The van der Waals surface area contributed by atoms with Crippen LogP contribution in [-0.4, -0.2) is 120 Å². The molecule has 3 N–H and O–H groups in total. The first-order valence-electron chi connectivity index (χ1n) is 7.77. The van der Waals surface area contributed by atoms with Gasteiger partial charge in [-0.15, -0.1) is 0 Å². The van der Waals surface area contributed by atoms with Crippen molar-refractivity contribution in [2.75, 3.05) is 72.1 Å². The first-order valence-corrected chi connectivity index (χ1v) is 7.77. The quantitative estimate of drug-likeness (QED) is 0.267. The summed E-state index contributed by atoms with van der Waals surface area (Å²) in [4.78, 5) is 37.9. The summed E-state index contributed by atoms with van der Waals surface area (Å²) in [6, 6.07) is 0. The number of carbonyl (C=O) groups is 3. The third-order valence-electron chi connectivity index (χ3n) is 3.65. The Morgan fingerprint density at radius 2 is 0.857 bits per heavy atom. The van der Waals surface area contributed by atoms with Crippen molar-refractivity contribution in [1.29, 1.82) is 0 Å². The predicted molar refractivity (Wildman–Crippen MR) is 83.0 cm³/mol. The molecule has 28 heavy (non-hydrogen) atoms. The van der Waals surface area contributed by atoms with Crippen molar-refractivity contribution in [2.45, 2.75) is 0 Å². The van der Waals surface area contributed by atoms with Crippen molar-refractivity contribution < 1.29 is 112 Å². The van der Waals surface area contributed by atoms with Gasteiger partial charge < -0.3 is 57.3 Å². The van der Waals surface area contributed by atoms with Gasteiger partial charge >= 0.3 is 17.9 Å². The Kier molecular flexibility index (Phi) is 26.5. The normalized spacial score (nSPS) is 17.1. The topological polar surface area (TPSA) is 131 Å². The largest absolute Gasteiger partial charge is 1.00 e. The first kappa shape index (κ1) is 35.9. The Morgan fingerprint density at radius 3 is 1.11 bits per heavy atom. The summed E-state index contributed by atoms with van der Waals surface area (Å²) >= 11 is 0. The molecule has 0 spiro atoms. The predicted octanol–water partition coefficient (Wildman–Crippen LogP) is -10.8. The Morgan fingerprint density at radius 1 is 0.607 bits per heavy atom. The maximum Gasteiger partial charge on any atom is 0.317 e. The van der Waals surface area contributed by atoms with E-state index in [-0.39, 0.29) is 96.8 Å². The zero-order valence-electron chi connectivity index (χ0n) is 15.1. The van der Waals surface area contributed by atoms with E-state index in [0.29, 0.717) is 52.5 Å². The van der Waals surface area contributed by atoms with E-state index in [0.717, 1.165) is 0 Å². The molecule has 0 aromatic carbocycles. The fraction of sp³-hybridized carbons (Fsp3) is 0.786. The molecule has 1 saturated heterocycles. The van der Waals surface area contributed by atoms with E-state index >= 15 is 0 Å². The zero-order valence-corrected chi connectivity index (χ0v) is 19.6. The van der Waals surface area contributed by atoms with Gasteiger partial charge in [0.05, 0.1) is 32.8 Å². The molecule has 0 radical (unpaired) electrons. The summed E-state index contributed by atoms with van der Waals surface area (Å²) < 4.78 is 5.44. The fourth-order valence-electron chi connectivity index (χ4n) is 2.44. The Balaban J connectivity index is -0.000000720. The molecule has 1 rings (SSSR count). The number of ether oxygens (including phenoxy) is 1. The van der Waals surface area contributed by atoms with Gasteiger partial charge in [0.25, 0.3) is 0 Å². The molecule has 1 aliphatic heterocycles. The van der Waals surface area contributed by atoms with Crippen LogP contribution in [0, 0.1) is 39.9 Å². The first-order chi connectivity index (χ1) is 11.4. The average Bonchev–Trinajstić information content (AvgIpc) is 2.45. The smallest absolute Gasteiger partial charge is 0.317 e. The zero-order chi connectivity index (χ0) is 17.9. The minimum atomic E-state index is -0.972. The molecule has 0 aliphatic carbocycles. The van der Waals surface area contributed by atoms with Gasteiger partial charge in [-0.3, -0.25) is 29.1 Å². The summed E-state index contributed by atoms with van der Waals surface area (Å²) in [6.45, 7) is 2.69. The second-order valence-electron chi connectivity index (χ2n) is 5.62. The fourth-order valence-corrected chi connectivity index (χ4v) is 2.44. The van der Waals surface area contributed by atoms with E-state index in [1.165, 1.54) is 0 Å². The van der Waals surface area contributed by atoms with Gasteiger partial charge in [0.15, 0.2) is 0 Å². The van der Waals surface area contributed by atoms with Gasteiger partial charge in [-0.05, 0) is 0 Å². The van der Waals surface area contributed by atoms with Crippen molar-refractivity contribution in [1.82, 2.24) is 14.7 Å². The van der Waals surface area contributed by atoms with Crippen LogP contribution < -0.4 is 37.2 Å². The van der Waals surface area contributed by atoms with E-state index < -0.39 is 17.9 Å². The minimum Gasteiger partial charge on any atom is -1.00 e. The van der Waals surface area contributed by atoms with Crippen molar-refractivity contribution in [3.05, 3.63) is 0 Å². The number of aliphatic carboxylic acids is 3. The summed E-state index contributed by atoms with van der Waals surface area (Å²) in [5, 5.41) is 26.9. The van der Waals surface area contributed by atoms with Gasteiger partial charge in [-0.2, -0.15) is 0 Å². The number of hydrogen-bond acceptors (Lipinski definition) is 7. The van der Waals surface area contributed by atoms with Crippen LogP contribution in [0.4, 0.5) is 0 Å². The molecule has 170 valence electrons. The molecule has 14 heteroatoms. The standard InChI is InChI=1S/C14H25N3O7.3ClH.Gd/c18-12(19)9-15-1-3-16(10-13(20)21)5-7-24-8-6-17(4-2-15)11-14(22)23;;;;/h1-11H2,(H,18,19)(H,20,21)(H,22,23);3*1H;/p-3. The van der Waals surface area contributed by atoms with Crippen molar-refractivity contribution >= 4 is 17.9 Å². The summed E-state index contributed by atoms with van der Waals surface area (Å²) in [6.07, 6.45) is 0. The Bertz CT molecular complexity index is 422. The van der Waals surface area contributed by atoms with Crippen LogP contribution in [0.5, 0.6) is 0 Å². The summed E-state index contributed by atoms with van der Waals surface area (Å²) in [5.41, 5.74) is 0. The van der Waals surface area contributed by atoms with Crippen LogP contribution in [0.15, 0.2) is 0 Å². The van der Waals surface area contributed by atoms with Crippen LogP contribution in [-0.2, 0) is 19.1 Å². The van der Waals surface area contributed by atoms with Gasteiger partial charge in [-0.25, -0.2) is 0 Å². The van der Waals surface area contributed by atoms with E-state index in [4.69, 9.17) is 20.1 Å².